The molecule has 2 aromatic carbocycles. The topological polar surface area (TPSA) is 12.0 Å². The number of hydrogen-bond acceptors (Lipinski definition) is 1. The molecule has 4 heteroatoms. The molecule has 0 aromatic heterocycles. The van der Waals surface area contributed by atoms with Crippen LogP contribution in [0.5, 0.6) is 0 Å². The van der Waals surface area contributed by atoms with Gasteiger partial charge in [-0.05, 0) is 42.3 Å². The molecule has 0 aliphatic rings. The second-order valence-corrected chi connectivity index (χ2v) is 6.60. The summed E-state index contributed by atoms with van der Waals surface area (Å²) in [5, 5.41) is 4.25. The fraction of sp³-hybridized carbons (Fsp3) is 0.200. The zero-order chi connectivity index (χ0) is 13.8. The first-order chi connectivity index (χ1) is 9.06. The number of benzene rings is 2. The van der Waals surface area contributed by atoms with E-state index in [0.29, 0.717) is 6.04 Å². The Kier molecular flexibility index (Phi) is 5.46. The van der Waals surface area contributed by atoms with Crippen molar-refractivity contribution >= 4 is 43.5 Å². The van der Waals surface area contributed by atoms with E-state index in [0.717, 1.165) is 20.5 Å². The van der Waals surface area contributed by atoms with Crippen LogP contribution in [0.2, 0.25) is 5.02 Å². The van der Waals surface area contributed by atoms with E-state index in [4.69, 9.17) is 11.6 Å². The number of hydrogen-bond donors (Lipinski definition) is 1. The van der Waals surface area contributed by atoms with Crippen molar-refractivity contribution < 1.29 is 0 Å². The highest BCUT2D eigenvalue weighted by Gasteiger charge is 2.07. The van der Waals surface area contributed by atoms with Crippen LogP contribution in [-0.2, 0) is 6.54 Å². The standard InChI is InChI=1S/C15H14Br2ClN/c1-10(11-3-2-4-13(16)7-11)19-9-12-5-6-14(18)8-15(12)17/h2-8,10,19H,9H2,1H3. The summed E-state index contributed by atoms with van der Waals surface area (Å²) in [6, 6.07) is 14.5. The molecule has 0 amide bonds. The van der Waals surface area contributed by atoms with Gasteiger partial charge >= 0.3 is 0 Å². The van der Waals surface area contributed by atoms with Crippen LogP contribution in [0.15, 0.2) is 51.4 Å². The van der Waals surface area contributed by atoms with Gasteiger partial charge < -0.3 is 5.32 Å². The van der Waals surface area contributed by atoms with Gasteiger partial charge in [0, 0.05) is 26.6 Å². The predicted octanol–water partition coefficient (Wildman–Crippen LogP) is 5.72. The summed E-state index contributed by atoms with van der Waals surface area (Å²) in [6.07, 6.45) is 0. The highest BCUT2D eigenvalue weighted by Crippen LogP contribution is 2.23. The smallest absolute Gasteiger partial charge is 0.0417 e. The van der Waals surface area contributed by atoms with Gasteiger partial charge in [-0.1, -0.05) is 61.7 Å². The maximum atomic E-state index is 5.94. The van der Waals surface area contributed by atoms with Gasteiger partial charge in [0.2, 0.25) is 0 Å². The van der Waals surface area contributed by atoms with E-state index in [9.17, 15) is 0 Å². The van der Waals surface area contributed by atoms with Crippen molar-refractivity contribution in [2.45, 2.75) is 19.5 Å². The van der Waals surface area contributed by atoms with E-state index >= 15 is 0 Å². The van der Waals surface area contributed by atoms with E-state index in [1.54, 1.807) is 0 Å². The monoisotopic (exact) mass is 401 g/mol. The minimum Gasteiger partial charge on any atom is -0.306 e. The minimum atomic E-state index is 0.292. The predicted molar refractivity (Wildman–Crippen MR) is 88.5 cm³/mol. The van der Waals surface area contributed by atoms with Crippen molar-refractivity contribution in [3.05, 3.63) is 67.6 Å². The Morgan fingerprint density at radius 1 is 1.16 bits per heavy atom. The highest BCUT2D eigenvalue weighted by molar-refractivity contribution is 9.10. The summed E-state index contributed by atoms with van der Waals surface area (Å²) in [7, 11) is 0. The second kappa shape index (κ2) is 6.89. The Morgan fingerprint density at radius 2 is 1.95 bits per heavy atom. The van der Waals surface area contributed by atoms with Gasteiger partial charge in [0.15, 0.2) is 0 Å². The van der Waals surface area contributed by atoms with Crippen molar-refractivity contribution in [3.8, 4) is 0 Å². The average molecular weight is 404 g/mol. The minimum absolute atomic E-state index is 0.292. The molecule has 0 radical (unpaired) electrons. The third-order valence-corrected chi connectivity index (χ3v) is 4.43. The molecule has 0 fully saturated rings. The van der Waals surface area contributed by atoms with Gasteiger partial charge in [0.05, 0.1) is 0 Å². The van der Waals surface area contributed by atoms with Crippen LogP contribution in [-0.4, -0.2) is 0 Å². The number of halogens is 3. The van der Waals surface area contributed by atoms with Gasteiger partial charge in [-0.2, -0.15) is 0 Å². The quantitative estimate of drug-likeness (QED) is 0.689. The van der Waals surface area contributed by atoms with Crippen LogP contribution < -0.4 is 5.32 Å². The molecule has 1 N–H and O–H groups in total. The zero-order valence-electron chi connectivity index (χ0n) is 10.5. The molecule has 0 spiro atoms. The van der Waals surface area contributed by atoms with Crippen LogP contribution in [0.4, 0.5) is 0 Å². The van der Waals surface area contributed by atoms with Crippen LogP contribution in [0.3, 0.4) is 0 Å². The summed E-state index contributed by atoms with van der Waals surface area (Å²) in [6.45, 7) is 2.96. The molecule has 1 nitrogen and oxygen atoms in total. The van der Waals surface area contributed by atoms with Crippen LogP contribution in [0, 0.1) is 0 Å². The Bertz CT molecular complexity index is 572. The zero-order valence-corrected chi connectivity index (χ0v) is 14.4. The Morgan fingerprint density at radius 3 is 2.63 bits per heavy atom. The molecule has 1 unspecified atom stereocenters. The van der Waals surface area contributed by atoms with E-state index < -0.39 is 0 Å². The summed E-state index contributed by atoms with van der Waals surface area (Å²) in [4.78, 5) is 0. The summed E-state index contributed by atoms with van der Waals surface area (Å²) < 4.78 is 2.14. The Hall–Kier alpha value is -0.350. The summed E-state index contributed by atoms with van der Waals surface area (Å²) in [5.41, 5.74) is 2.46. The first kappa shape index (κ1) is 15.0. The van der Waals surface area contributed by atoms with E-state index in [2.05, 4.69) is 62.3 Å². The lowest BCUT2D eigenvalue weighted by Gasteiger charge is -2.15. The normalized spacial score (nSPS) is 12.4. The second-order valence-electron chi connectivity index (χ2n) is 4.39. The van der Waals surface area contributed by atoms with Crippen LogP contribution in [0.1, 0.15) is 24.1 Å². The van der Waals surface area contributed by atoms with Crippen molar-refractivity contribution in [2.75, 3.05) is 0 Å². The third kappa shape index (κ3) is 4.32. The lowest BCUT2D eigenvalue weighted by Crippen LogP contribution is -2.18. The molecule has 19 heavy (non-hydrogen) atoms. The SMILES string of the molecule is CC(NCc1ccc(Cl)cc1Br)c1cccc(Br)c1. The largest absolute Gasteiger partial charge is 0.306 e. The lowest BCUT2D eigenvalue weighted by atomic mass is 10.1. The fourth-order valence-electron chi connectivity index (χ4n) is 1.82. The van der Waals surface area contributed by atoms with Gasteiger partial charge in [0.1, 0.15) is 0 Å². The molecule has 0 saturated heterocycles. The molecular weight excluding hydrogens is 389 g/mol. The molecule has 0 heterocycles. The number of rotatable bonds is 4. The maximum absolute atomic E-state index is 5.94. The van der Waals surface area contributed by atoms with Gasteiger partial charge in [-0.3, -0.25) is 0 Å². The van der Waals surface area contributed by atoms with Gasteiger partial charge in [0.25, 0.3) is 0 Å². The number of nitrogens with one attached hydrogen (secondary N) is 1. The molecule has 2 aromatic rings. The molecule has 0 bridgehead atoms. The molecule has 2 rings (SSSR count). The first-order valence-electron chi connectivity index (χ1n) is 5.99. The van der Waals surface area contributed by atoms with E-state index in [1.165, 1.54) is 11.1 Å². The molecule has 0 aliphatic heterocycles. The molecule has 0 aliphatic carbocycles. The summed E-state index contributed by atoms with van der Waals surface area (Å²) >= 11 is 13.0. The third-order valence-electron chi connectivity index (χ3n) is 2.96. The highest BCUT2D eigenvalue weighted by atomic mass is 79.9. The van der Waals surface area contributed by atoms with Crippen molar-refractivity contribution in [1.29, 1.82) is 0 Å². The van der Waals surface area contributed by atoms with Crippen molar-refractivity contribution in [2.24, 2.45) is 0 Å². The fourth-order valence-corrected chi connectivity index (χ4v) is 3.06. The molecular formula is C15H14Br2ClN. The molecule has 100 valence electrons. The maximum Gasteiger partial charge on any atom is 0.0417 e. The van der Waals surface area contributed by atoms with Crippen LogP contribution >= 0.6 is 43.5 Å². The van der Waals surface area contributed by atoms with E-state index in [1.807, 2.05) is 24.3 Å². The van der Waals surface area contributed by atoms with Crippen LogP contribution in [0.25, 0.3) is 0 Å². The Balaban J connectivity index is 2.02. The molecule has 1 atom stereocenters. The summed E-state index contributed by atoms with van der Waals surface area (Å²) in [5.74, 6) is 0. The molecule has 0 saturated carbocycles. The van der Waals surface area contributed by atoms with Gasteiger partial charge in [-0.15, -0.1) is 0 Å². The first-order valence-corrected chi connectivity index (χ1v) is 7.95. The van der Waals surface area contributed by atoms with Crippen molar-refractivity contribution in [1.82, 2.24) is 5.32 Å². The Labute approximate surface area is 135 Å². The van der Waals surface area contributed by atoms with Crippen molar-refractivity contribution in [3.63, 3.8) is 0 Å². The lowest BCUT2D eigenvalue weighted by molar-refractivity contribution is 0.573. The average Bonchev–Trinajstić information content (AvgIpc) is 2.37. The van der Waals surface area contributed by atoms with E-state index in [-0.39, 0.29) is 0 Å². The van der Waals surface area contributed by atoms with Gasteiger partial charge in [-0.25, -0.2) is 0 Å².